The van der Waals surface area contributed by atoms with Gasteiger partial charge in [0, 0.05) is 18.5 Å². The van der Waals surface area contributed by atoms with Crippen molar-refractivity contribution in [1.29, 1.82) is 0 Å². The van der Waals surface area contributed by atoms with E-state index in [2.05, 4.69) is 0 Å². The number of carbonyl (C=O) groups is 1. The summed E-state index contributed by atoms with van der Waals surface area (Å²) >= 11 is 5.82. The number of amides is 1. The molecule has 1 aromatic carbocycles. The quantitative estimate of drug-likeness (QED) is 0.850. The molecule has 1 saturated carbocycles. The van der Waals surface area contributed by atoms with E-state index >= 15 is 0 Å². The van der Waals surface area contributed by atoms with Crippen molar-refractivity contribution in [3.05, 3.63) is 23.8 Å². The average Bonchev–Trinajstić information content (AvgIpc) is 2.98. The van der Waals surface area contributed by atoms with Crippen LogP contribution in [0.4, 0.5) is 0 Å². The van der Waals surface area contributed by atoms with Crippen LogP contribution in [0.15, 0.2) is 18.2 Å². The highest BCUT2D eigenvalue weighted by molar-refractivity contribution is 6.18. The van der Waals surface area contributed by atoms with Gasteiger partial charge in [-0.25, -0.2) is 0 Å². The summed E-state index contributed by atoms with van der Waals surface area (Å²) in [5.41, 5.74) is 0.279. The molecule has 1 N–H and O–H groups in total. The van der Waals surface area contributed by atoms with E-state index < -0.39 is 0 Å². The molecule has 0 heterocycles. The number of nitrogens with zero attached hydrogens (tertiary/aromatic N) is 1. The van der Waals surface area contributed by atoms with E-state index in [0.717, 1.165) is 25.7 Å². The van der Waals surface area contributed by atoms with Gasteiger partial charge in [0.25, 0.3) is 5.91 Å². The first kappa shape index (κ1) is 15.0. The maximum Gasteiger partial charge on any atom is 0.258 e. The van der Waals surface area contributed by atoms with Crippen molar-refractivity contribution in [3.8, 4) is 11.5 Å². The van der Waals surface area contributed by atoms with Crippen molar-refractivity contribution in [2.45, 2.75) is 31.7 Å². The normalized spacial score (nSPS) is 15.3. The minimum absolute atomic E-state index is 0.0200. The first-order chi connectivity index (χ1) is 9.67. The Hall–Kier alpha value is -1.42. The summed E-state index contributed by atoms with van der Waals surface area (Å²) in [6, 6.07) is 4.92. The summed E-state index contributed by atoms with van der Waals surface area (Å²) in [5, 5.41) is 9.92. The lowest BCUT2D eigenvalue weighted by Gasteiger charge is -2.28. The van der Waals surface area contributed by atoms with Crippen molar-refractivity contribution in [1.82, 2.24) is 4.90 Å². The first-order valence-electron chi connectivity index (χ1n) is 6.91. The third-order valence-electron chi connectivity index (χ3n) is 3.79. The number of alkyl halides is 1. The zero-order valence-electron chi connectivity index (χ0n) is 11.6. The van der Waals surface area contributed by atoms with E-state index in [4.69, 9.17) is 16.3 Å². The molecular formula is C15H20ClNO3. The lowest BCUT2D eigenvalue weighted by atomic mass is 10.1. The van der Waals surface area contributed by atoms with E-state index in [1.54, 1.807) is 17.0 Å². The predicted octanol–water partition coefficient (Wildman–Crippen LogP) is 3.02. The molecule has 0 saturated heterocycles. The molecule has 1 aromatic rings. The van der Waals surface area contributed by atoms with Crippen molar-refractivity contribution in [3.63, 3.8) is 0 Å². The second kappa shape index (κ2) is 6.84. The van der Waals surface area contributed by atoms with Crippen LogP contribution in [0.3, 0.4) is 0 Å². The van der Waals surface area contributed by atoms with Gasteiger partial charge in [-0.2, -0.15) is 0 Å². The number of phenols is 1. The molecular weight excluding hydrogens is 278 g/mol. The van der Waals surface area contributed by atoms with Crippen LogP contribution in [0.5, 0.6) is 11.5 Å². The lowest BCUT2D eigenvalue weighted by Crippen LogP contribution is -2.40. The molecule has 0 atom stereocenters. The number of methoxy groups -OCH3 is 1. The molecule has 1 aliphatic rings. The van der Waals surface area contributed by atoms with E-state index in [-0.39, 0.29) is 23.3 Å². The van der Waals surface area contributed by atoms with Gasteiger partial charge in [0.05, 0.1) is 12.7 Å². The third kappa shape index (κ3) is 3.18. The van der Waals surface area contributed by atoms with Gasteiger partial charge in [0.15, 0.2) is 0 Å². The summed E-state index contributed by atoms with van der Waals surface area (Å²) in [5.74, 6) is 0.762. The van der Waals surface area contributed by atoms with Crippen LogP contribution in [0.1, 0.15) is 36.0 Å². The van der Waals surface area contributed by atoms with Gasteiger partial charge in [-0.05, 0) is 31.0 Å². The van der Waals surface area contributed by atoms with Crippen LogP contribution >= 0.6 is 11.6 Å². The van der Waals surface area contributed by atoms with Crippen LogP contribution in [-0.4, -0.2) is 41.5 Å². The lowest BCUT2D eigenvalue weighted by molar-refractivity contribution is 0.0691. The predicted molar refractivity (Wildman–Crippen MR) is 78.7 cm³/mol. The molecule has 1 amide bonds. The van der Waals surface area contributed by atoms with Crippen LogP contribution < -0.4 is 4.74 Å². The van der Waals surface area contributed by atoms with Gasteiger partial charge in [-0.1, -0.05) is 12.8 Å². The van der Waals surface area contributed by atoms with Crippen LogP contribution in [0.2, 0.25) is 0 Å². The number of carbonyl (C=O) groups excluding carboxylic acids is 1. The summed E-state index contributed by atoms with van der Waals surface area (Å²) < 4.78 is 5.12. The minimum Gasteiger partial charge on any atom is -0.507 e. The molecule has 1 aliphatic carbocycles. The van der Waals surface area contributed by atoms with Gasteiger partial charge in [-0.3, -0.25) is 4.79 Å². The highest BCUT2D eigenvalue weighted by Gasteiger charge is 2.28. The third-order valence-corrected chi connectivity index (χ3v) is 3.95. The standard InChI is InChI=1S/C15H20ClNO3/c1-20-12-6-7-14(18)13(10-12)15(19)17(9-8-16)11-4-2-3-5-11/h6-7,10-11,18H,2-5,8-9H2,1H3. The van der Waals surface area contributed by atoms with Gasteiger partial charge in [-0.15, -0.1) is 11.6 Å². The maximum absolute atomic E-state index is 12.7. The van der Waals surface area contributed by atoms with Gasteiger partial charge in [0.1, 0.15) is 11.5 Å². The molecule has 5 heteroatoms. The second-order valence-corrected chi connectivity index (χ2v) is 5.39. The molecule has 20 heavy (non-hydrogen) atoms. The Morgan fingerprint density at radius 3 is 2.75 bits per heavy atom. The van der Waals surface area contributed by atoms with Gasteiger partial charge >= 0.3 is 0 Å². The first-order valence-corrected chi connectivity index (χ1v) is 7.44. The SMILES string of the molecule is COc1ccc(O)c(C(=O)N(CCCl)C2CCCC2)c1. The fraction of sp³-hybridized carbons (Fsp3) is 0.533. The number of hydrogen-bond donors (Lipinski definition) is 1. The molecule has 0 bridgehead atoms. The Morgan fingerprint density at radius 2 is 2.15 bits per heavy atom. The molecule has 2 rings (SSSR count). The Bertz CT molecular complexity index is 472. The van der Waals surface area contributed by atoms with E-state index in [0.29, 0.717) is 18.2 Å². The Morgan fingerprint density at radius 1 is 1.45 bits per heavy atom. The molecule has 0 radical (unpaired) electrons. The van der Waals surface area contributed by atoms with Crippen LogP contribution in [0, 0.1) is 0 Å². The summed E-state index contributed by atoms with van der Waals surface area (Å²) in [6.07, 6.45) is 4.29. The maximum atomic E-state index is 12.7. The molecule has 110 valence electrons. The zero-order chi connectivity index (χ0) is 14.5. The van der Waals surface area contributed by atoms with E-state index in [1.807, 2.05) is 0 Å². The summed E-state index contributed by atoms with van der Waals surface area (Å²) in [7, 11) is 1.54. The summed E-state index contributed by atoms with van der Waals surface area (Å²) in [6.45, 7) is 0.502. The number of hydrogen-bond acceptors (Lipinski definition) is 3. The Kier molecular flexibility index (Phi) is 5.12. The van der Waals surface area contributed by atoms with Crippen LogP contribution in [-0.2, 0) is 0 Å². The van der Waals surface area contributed by atoms with Crippen LogP contribution in [0.25, 0.3) is 0 Å². The van der Waals surface area contributed by atoms with Crippen molar-refractivity contribution < 1.29 is 14.6 Å². The molecule has 0 aromatic heterocycles. The molecule has 0 aliphatic heterocycles. The zero-order valence-corrected chi connectivity index (χ0v) is 12.4. The highest BCUT2D eigenvalue weighted by Crippen LogP contribution is 2.29. The highest BCUT2D eigenvalue weighted by atomic mass is 35.5. The number of benzene rings is 1. The number of ether oxygens (including phenoxy) is 1. The number of halogens is 1. The molecule has 0 spiro atoms. The van der Waals surface area contributed by atoms with E-state index in [1.165, 1.54) is 13.2 Å². The fourth-order valence-electron chi connectivity index (χ4n) is 2.73. The van der Waals surface area contributed by atoms with Crippen molar-refractivity contribution >= 4 is 17.5 Å². The fourth-order valence-corrected chi connectivity index (χ4v) is 2.91. The smallest absolute Gasteiger partial charge is 0.258 e. The molecule has 0 unspecified atom stereocenters. The number of rotatable bonds is 5. The molecule has 4 nitrogen and oxygen atoms in total. The largest absolute Gasteiger partial charge is 0.507 e. The summed E-state index contributed by atoms with van der Waals surface area (Å²) in [4.78, 5) is 14.4. The monoisotopic (exact) mass is 297 g/mol. The topological polar surface area (TPSA) is 49.8 Å². The van der Waals surface area contributed by atoms with E-state index in [9.17, 15) is 9.90 Å². The van der Waals surface area contributed by atoms with Crippen molar-refractivity contribution in [2.75, 3.05) is 19.5 Å². The minimum atomic E-state index is -0.172. The number of aromatic hydroxyl groups is 1. The Labute approximate surface area is 124 Å². The van der Waals surface area contributed by atoms with Gasteiger partial charge < -0.3 is 14.7 Å². The second-order valence-electron chi connectivity index (χ2n) is 5.01. The molecule has 1 fully saturated rings. The Balaban J connectivity index is 2.26. The van der Waals surface area contributed by atoms with Crippen molar-refractivity contribution in [2.24, 2.45) is 0 Å². The number of phenolic OH excluding ortho intramolecular Hbond substituents is 1. The van der Waals surface area contributed by atoms with Gasteiger partial charge in [0.2, 0.25) is 0 Å². The average molecular weight is 298 g/mol.